The van der Waals surface area contributed by atoms with Crippen LogP contribution in [0.1, 0.15) is 29.1 Å². The second-order valence-corrected chi connectivity index (χ2v) is 5.82. The first kappa shape index (κ1) is 11.0. The van der Waals surface area contributed by atoms with Gasteiger partial charge in [0.05, 0.1) is 11.1 Å². The van der Waals surface area contributed by atoms with Gasteiger partial charge in [-0.1, -0.05) is 6.42 Å². The smallest absolute Gasteiger partial charge is 0.0896 e. The number of aliphatic hydroxyl groups is 1. The van der Waals surface area contributed by atoms with E-state index in [0.29, 0.717) is 6.54 Å². The van der Waals surface area contributed by atoms with Crippen molar-refractivity contribution in [1.29, 1.82) is 0 Å². The highest BCUT2D eigenvalue weighted by Gasteiger charge is 2.41. The molecule has 2 unspecified atom stereocenters. The van der Waals surface area contributed by atoms with Crippen LogP contribution in [-0.2, 0) is 6.42 Å². The molecule has 1 fully saturated rings. The first-order valence-corrected chi connectivity index (χ1v) is 6.27. The standard InChI is InChI=1S/C11H18N2OS/c1-8-13-6-9(15-8)5-11(7-12)4-2-3-10(11)14/h6,10,14H,2-5,7,12H2,1H3. The van der Waals surface area contributed by atoms with Gasteiger partial charge in [0.15, 0.2) is 0 Å². The van der Waals surface area contributed by atoms with E-state index < -0.39 is 0 Å². The molecule has 1 saturated carbocycles. The molecule has 3 N–H and O–H groups in total. The van der Waals surface area contributed by atoms with Gasteiger partial charge >= 0.3 is 0 Å². The van der Waals surface area contributed by atoms with Gasteiger partial charge in [-0.2, -0.15) is 0 Å². The molecule has 0 bridgehead atoms. The van der Waals surface area contributed by atoms with Crippen molar-refractivity contribution in [1.82, 2.24) is 4.98 Å². The minimum absolute atomic E-state index is 0.0844. The van der Waals surface area contributed by atoms with Gasteiger partial charge in [0, 0.05) is 23.0 Å². The maximum absolute atomic E-state index is 10.0. The Kier molecular flexibility index (Phi) is 3.09. The number of nitrogens with zero attached hydrogens (tertiary/aromatic N) is 1. The van der Waals surface area contributed by atoms with Gasteiger partial charge in [-0.15, -0.1) is 11.3 Å². The van der Waals surface area contributed by atoms with Gasteiger partial charge in [-0.05, 0) is 26.2 Å². The van der Waals surface area contributed by atoms with E-state index >= 15 is 0 Å². The van der Waals surface area contributed by atoms with Crippen LogP contribution in [0.5, 0.6) is 0 Å². The molecular weight excluding hydrogens is 208 g/mol. The lowest BCUT2D eigenvalue weighted by Gasteiger charge is -2.30. The summed E-state index contributed by atoms with van der Waals surface area (Å²) in [6, 6.07) is 0. The van der Waals surface area contributed by atoms with E-state index in [0.717, 1.165) is 30.7 Å². The predicted molar refractivity (Wildman–Crippen MR) is 61.9 cm³/mol. The van der Waals surface area contributed by atoms with E-state index in [2.05, 4.69) is 4.98 Å². The topological polar surface area (TPSA) is 59.1 Å². The zero-order chi connectivity index (χ0) is 10.9. The summed E-state index contributed by atoms with van der Waals surface area (Å²) >= 11 is 1.71. The zero-order valence-electron chi connectivity index (χ0n) is 9.07. The molecule has 1 aromatic heterocycles. The summed E-state index contributed by atoms with van der Waals surface area (Å²) in [5, 5.41) is 11.1. The third-order valence-electron chi connectivity index (χ3n) is 3.46. The molecule has 2 atom stereocenters. The van der Waals surface area contributed by atoms with E-state index in [-0.39, 0.29) is 11.5 Å². The van der Waals surface area contributed by atoms with E-state index in [1.165, 1.54) is 4.88 Å². The third-order valence-corrected chi connectivity index (χ3v) is 4.37. The van der Waals surface area contributed by atoms with Crippen molar-refractivity contribution in [2.75, 3.05) is 6.54 Å². The van der Waals surface area contributed by atoms with Crippen LogP contribution >= 0.6 is 11.3 Å². The first-order valence-electron chi connectivity index (χ1n) is 5.46. The van der Waals surface area contributed by atoms with Crippen molar-refractivity contribution in [3.8, 4) is 0 Å². The molecule has 0 spiro atoms. The molecule has 84 valence electrons. The molecule has 0 aliphatic heterocycles. The van der Waals surface area contributed by atoms with Crippen LogP contribution in [0.2, 0.25) is 0 Å². The normalized spacial score (nSPS) is 31.0. The van der Waals surface area contributed by atoms with Crippen LogP contribution in [0.4, 0.5) is 0 Å². The summed E-state index contributed by atoms with van der Waals surface area (Å²) in [5.41, 5.74) is 5.75. The molecule has 3 nitrogen and oxygen atoms in total. The van der Waals surface area contributed by atoms with E-state index in [1.807, 2.05) is 13.1 Å². The Morgan fingerprint density at radius 3 is 3.00 bits per heavy atom. The van der Waals surface area contributed by atoms with Crippen molar-refractivity contribution in [3.63, 3.8) is 0 Å². The summed E-state index contributed by atoms with van der Waals surface area (Å²) in [7, 11) is 0. The summed E-state index contributed by atoms with van der Waals surface area (Å²) in [5.74, 6) is 0. The van der Waals surface area contributed by atoms with Gasteiger partial charge < -0.3 is 10.8 Å². The summed E-state index contributed by atoms with van der Waals surface area (Å²) < 4.78 is 0. The number of aryl methyl sites for hydroxylation is 1. The third kappa shape index (κ3) is 2.07. The second-order valence-electron chi connectivity index (χ2n) is 4.50. The Bertz CT molecular complexity index is 339. The SMILES string of the molecule is Cc1ncc(CC2(CN)CCCC2O)s1. The molecule has 15 heavy (non-hydrogen) atoms. The Labute approximate surface area is 94.3 Å². The molecule has 0 radical (unpaired) electrons. The first-order chi connectivity index (χ1) is 7.16. The van der Waals surface area contributed by atoms with Crippen LogP contribution in [0.25, 0.3) is 0 Å². The van der Waals surface area contributed by atoms with Crippen LogP contribution in [-0.4, -0.2) is 22.7 Å². The number of aliphatic hydroxyl groups excluding tert-OH is 1. The van der Waals surface area contributed by atoms with Crippen LogP contribution in [0.3, 0.4) is 0 Å². The monoisotopic (exact) mass is 226 g/mol. The van der Waals surface area contributed by atoms with Crippen molar-refractivity contribution < 1.29 is 5.11 Å². The molecule has 1 aromatic rings. The summed E-state index contributed by atoms with van der Waals surface area (Å²) in [6.07, 6.45) is 5.61. The van der Waals surface area contributed by atoms with Crippen molar-refractivity contribution in [3.05, 3.63) is 16.1 Å². The number of hydrogen-bond acceptors (Lipinski definition) is 4. The zero-order valence-corrected chi connectivity index (χ0v) is 9.89. The maximum atomic E-state index is 10.0. The Balaban J connectivity index is 2.14. The molecule has 1 heterocycles. The average Bonchev–Trinajstić information content (AvgIpc) is 2.76. The van der Waals surface area contributed by atoms with Crippen molar-refractivity contribution >= 4 is 11.3 Å². The van der Waals surface area contributed by atoms with Gasteiger partial charge in [0.25, 0.3) is 0 Å². The molecule has 4 heteroatoms. The molecule has 2 rings (SSSR count). The number of aromatic nitrogens is 1. The molecule has 1 aliphatic carbocycles. The van der Waals surface area contributed by atoms with E-state index in [1.54, 1.807) is 11.3 Å². The van der Waals surface area contributed by atoms with Gasteiger partial charge in [0.1, 0.15) is 0 Å². The fourth-order valence-electron chi connectivity index (χ4n) is 2.47. The number of thiazole rings is 1. The number of nitrogens with two attached hydrogens (primary N) is 1. The molecule has 0 amide bonds. The largest absolute Gasteiger partial charge is 0.392 e. The lowest BCUT2D eigenvalue weighted by Crippen LogP contribution is -2.39. The van der Waals surface area contributed by atoms with Crippen molar-refractivity contribution in [2.45, 2.75) is 38.7 Å². The summed E-state index contributed by atoms with van der Waals surface area (Å²) in [6.45, 7) is 2.58. The van der Waals surface area contributed by atoms with E-state index in [4.69, 9.17) is 5.73 Å². The quantitative estimate of drug-likeness (QED) is 0.821. The van der Waals surface area contributed by atoms with Crippen LogP contribution in [0, 0.1) is 12.3 Å². The van der Waals surface area contributed by atoms with Gasteiger partial charge in [0.2, 0.25) is 0 Å². The highest BCUT2D eigenvalue weighted by atomic mass is 32.1. The lowest BCUT2D eigenvalue weighted by molar-refractivity contribution is 0.0594. The highest BCUT2D eigenvalue weighted by molar-refractivity contribution is 7.11. The van der Waals surface area contributed by atoms with Crippen molar-refractivity contribution in [2.24, 2.45) is 11.1 Å². The second kappa shape index (κ2) is 4.20. The predicted octanol–water partition coefficient (Wildman–Crippen LogP) is 1.48. The summed E-state index contributed by atoms with van der Waals surface area (Å²) in [4.78, 5) is 5.49. The number of rotatable bonds is 3. The van der Waals surface area contributed by atoms with Crippen LogP contribution < -0.4 is 5.73 Å². The van der Waals surface area contributed by atoms with Gasteiger partial charge in [-0.25, -0.2) is 4.98 Å². The van der Waals surface area contributed by atoms with Crippen LogP contribution in [0.15, 0.2) is 6.20 Å². The maximum Gasteiger partial charge on any atom is 0.0896 e. The highest BCUT2D eigenvalue weighted by Crippen LogP contribution is 2.41. The molecule has 0 saturated heterocycles. The van der Waals surface area contributed by atoms with Gasteiger partial charge in [-0.3, -0.25) is 0 Å². The lowest BCUT2D eigenvalue weighted by atomic mass is 9.80. The Morgan fingerprint density at radius 2 is 2.53 bits per heavy atom. The molecular formula is C11H18N2OS. The Morgan fingerprint density at radius 1 is 1.73 bits per heavy atom. The fourth-order valence-corrected chi connectivity index (χ4v) is 3.42. The minimum atomic E-state index is -0.232. The Hall–Kier alpha value is -0.450. The minimum Gasteiger partial charge on any atom is -0.392 e. The fraction of sp³-hybridized carbons (Fsp3) is 0.727. The van der Waals surface area contributed by atoms with E-state index in [9.17, 15) is 5.11 Å². The average molecular weight is 226 g/mol. The molecule has 0 aromatic carbocycles. The number of hydrogen-bond donors (Lipinski definition) is 2. The molecule has 1 aliphatic rings.